The molecule has 0 N–H and O–H groups in total. The third-order valence-corrected chi connectivity index (χ3v) is 3.50. The van der Waals surface area contributed by atoms with E-state index in [0.717, 1.165) is 23.0 Å². The Morgan fingerprint density at radius 2 is 1.86 bits per heavy atom. The summed E-state index contributed by atoms with van der Waals surface area (Å²) in [6, 6.07) is 0. The van der Waals surface area contributed by atoms with Crippen LogP contribution in [0.3, 0.4) is 0 Å². The van der Waals surface area contributed by atoms with Gasteiger partial charge in [0, 0.05) is 17.6 Å². The summed E-state index contributed by atoms with van der Waals surface area (Å²) in [6.07, 6.45) is 1.25. The second-order valence-corrected chi connectivity index (χ2v) is 5.22. The first-order valence-electron chi connectivity index (χ1n) is 4.73. The molecule has 0 rings (SSSR count). The predicted molar refractivity (Wildman–Crippen MR) is 66.1 cm³/mol. The van der Waals surface area contributed by atoms with E-state index in [1.54, 1.807) is 23.5 Å². The average Bonchev–Trinajstić information content (AvgIpc) is 2.21. The summed E-state index contributed by atoms with van der Waals surface area (Å²) in [5.74, 6) is 3.55. The number of rotatable bonds is 8. The molecule has 0 aromatic rings. The molecule has 0 atom stereocenters. The van der Waals surface area contributed by atoms with Crippen LogP contribution in [0.15, 0.2) is 12.7 Å². The number of ether oxygens (including phenoxy) is 1. The van der Waals surface area contributed by atoms with Crippen LogP contribution in [0.2, 0.25) is 0 Å². The van der Waals surface area contributed by atoms with Crippen LogP contribution >= 0.6 is 23.5 Å². The van der Waals surface area contributed by atoms with Gasteiger partial charge in [0.1, 0.15) is 6.10 Å². The van der Waals surface area contributed by atoms with Crippen molar-refractivity contribution in [1.29, 1.82) is 0 Å². The van der Waals surface area contributed by atoms with Crippen LogP contribution in [0, 0.1) is 0 Å². The van der Waals surface area contributed by atoms with Crippen molar-refractivity contribution in [1.82, 2.24) is 0 Å². The van der Waals surface area contributed by atoms with Gasteiger partial charge < -0.3 is 4.74 Å². The van der Waals surface area contributed by atoms with Gasteiger partial charge in [0.2, 0.25) is 0 Å². The molecule has 0 saturated carbocycles. The van der Waals surface area contributed by atoms with Crippen LogP contribution in [0.5, 0.6) is 0 Å². The van der Waals surface area contributed by atoms with Gasteiger partial charge in [0.05, 0.1) is 0 Å². The zero-order chi connectivity index (χ0) is 10.8. The van der Waals surface area contributed by atoms with E-state index in [4.69, 9.17) is 4.74 Å². The summed E-state index contributed by atoms with van der Waals surface area (Å²) in [5, 5.41) is 0. The van der Waals surface area contributed by atoms with Crippen molar-refractivity contribution in [2.24, 2.45) is 0 Å². The van der Waals surface area contributed by atoms with Crippen LogP contribution in [-0.2, 0) is 9.53 Å². The molecule has 0 fully saturated rings. The van der Waals surface area contributed by atoms with E-state index in [1.165, 1.54) is 6.08 Å². The van der Waals surface area contributed by atoms with Gasteiger partial charge in [-0.05, 0) is 11.5 Å². The van der Waals surface area contributed by atoms with E-state index >= 15 is 0 Å². The topological polar surface area (TPSA) is 26.3 Å². The van der Waals surface area contributed by atoms with Gasteiger partial charge in [-0.2, -0.15) is 23.5 Å². The number of esters is 1. The standard InChI is InChI=1S/C10H18O2S2/c1-4-10(11)12-9(7-13-5-2)8-14-6-3/h4,9H,1,5-8H2,2-3H3. The van der Waals surface area contributed by atoms with Crippen molar-refractivity contribution in [3.63, 3.8) is 0 Å². The number of hydrogen-bond donors (Lipinski definition) is 0. The average molecular weight is 234 g/mol. The molecular formula is C10H18O2S2. The number of carbonyl (C=O) groups is 1. The minimum Gasteiger partial charge on any atom is -0.457 e. The first-order valence-corrected chi connectivity index (χ1v) is 7.04. The van der Waals surface area contributed by atoms with Crippen LogP contribution in [0.25, 0.3) is 0 Å². The third kappa shape index (κ3) is 7.33. The van der Waals surface area contributed by atoms with Gasteiger partial charge in [0.25, 0.3) is 0 Å². The molecule has 82 valence electrons. The summed E-state index contributed by atoms with van der Waals surface area (Å²) in [5.41, 5.74) is 0. The van der Waals surface area contributed by atoms with E-state index in [0.29, 0.717) is 0 Å². The van der Waals surface area contributed by atoms with E-state index in [-0.39, 0.29) is 12.1 Å². The van der Waals surface area contributed by atoms with Crippen LogP contribution in [-0.4, -0.2) is 35.1 Å². The molecule has 0 aliphatic carbocycles. The molecule has 0 aliphatic heterocycles. The molecule has 0 spiro atoms. The van der Waals surface area contributed by atoms with Crippen molar-refractivity contribution in [2.75, 3.05) is 23.0 Å². The van der Waals surface area contributed by atoms with Crippen molar-refractivity contribution in [3.05, 3.63) is 12.7 Å². The van der Waals surface area contributed by atoms with E-state index in [1.807, 2.05) is 0 Å². The Labute approximate surface area is 94.9 Å². The lowest BCUT2D eigenvalue weighted by Crippen LogP contribution is -2.22. The van der Waals surface area contributed by atoms with E-state index in [9.17, 15) is 4.79 Å². The van der Waals surface area contributed by atoms with Crippen LogP contribution in [0.1, 0.15) is 13.8 Å². The molecule has 0 aromatic heterocycles. The van der Waals surface area contributed by atoms with Gasteiger partial charge >= 0.3 is 5.97 Å². The van der Waals surface area contributed by atoms with Gasteiger partial charge in [-0.25, -0.2) is 4.79 Å². The molecule has 0 amide bonds. The molecule has 0 heterocycles. The molecular weight excluding hydrogens is 216 g/mol. The first-order chi connectivity index (χ1) is 6.74. The Morgan fingerprint density at radius 3 is 2.21 bits per heavy atom. The highest BCUT2D eigenvalue weighted by Crippen LogP contribution is 2.11. The lowest BCUT2D eigenvalue weighted by atomic mass is 10.4. The molecule has 0 bridgehead atoms. The van der Waals surface area contributed by atoms with Crippen molar-refractivity contribution >= 4 is 29.5 Å². The second-order valence-electron chi connectivity index (χ2n) is 2.58. The monoisotopic (exact) mass is 234 g/mol. The number of thioether (sulfide) groups is 2. The molecule has 0 aromatic carbocycles. The molecule has 0 unspecified atom stereocenters. The summed E-state index contributed by atoms with van der Waals surface area (Å²) in [7, 11) is 0. The quantitative estimate of drug-likeness (QED) is 0.476. The van der Waals surface area contributed by atoms with Crippen molar-refractivity contribution in [3.8, 4) is 0 Å². The maximum absolute atomic E-state index is 11.0. The largest absolute Gasteiger partial charge is 0.457 e. The van der Waals surface area contributed by atoms with Crippen molar-refractivity contribution in [2.45, 2.75) is 20.0 Å². The Bertz CT molecular complexity index is 164. The Balaban J connectivity index is 3.82. The van der Waals surface area contributed by atoms with Crippen LogP contribution < -0.4 is 0 Å². The lowest BCUT2D eigenvalue weighted by Gasteiger charge is -2.15. The molecule has 4 heteroatoms. The maximum Gasteiger partial charge on any atom is 0.330 e. The zero-order valence-corrected chi connectivity index (χ0v) is 10.5. The number of carbonyl (C=O) groups excluding carboxylic acids is 1. The second kappa shape index (κ2) is 9.46. The highest BCUT2D eigenvalue weighted by molar-refractivity contribution is 8.00. The summed E-state index contributed by atoms with van der Waals surface area (Å²) in [6.45, 7) is 7.59. The minimum absolute atomic E-state index is 0.0235. The van der Waals surface area contributed by atoms with E-state index in [2.05, 4.69) is 20.4 Å². The zero-order valence-electron chi connectivity index (χ0n) is 8.82. The fraction of sp³-hybridized carbons (Fsp3) is 0.700. The van der Waals surface area contributed by atoms with Gasteiger partial charge in [-0.15, -0.1) is 0 Å². The van der Waals surface area contributed by atoms with E-state index < -0.39 is 0 Å². The fourth-order valence-corrected chi connectivity index (χ4v) is 2.35. The van der Waals surface area contributed by atoms with Gasteiger partial charge in [-0.1, -0.05) is 20.4 Å². The molecule has 14 heavy (non-hydrogen) atoms. The van der Waals surface area contributed by atoms with Crippen LogP contribution in [0.4, 0.5) is 0 Å². The SMILES string of the molecule is C=CC(=O)OC(CSCC)CSCC. The van der Waals surface area contributed by atoms with Gasteiger partial charge in [0.15, 0.2) is 0 Å². The Morgan fingerprint density at radius 1 is 1.36 bits per heavy atom. The normalized spacial score (nSPS) is 10.2. The lowest BCUT2D eigenvalue weighted by molar-refractivity contribution is -0.140. The first kappa shape index (κ1) is 13.9. The Hall–Kier alpha value is -0.0900. The molecule has 0 saturated heterocycles. The minimum atomic E-state index is -0.316. The molecule has 0 aliphatic rings. The molecule has 2 nitrogen and oxygen atoms in total. The Kier molecular flexibility index (Phi) is 9.40. The molecule has 0 radical (unpaired) electrons. The highest BCUT2D eigenvalue weighted by Gasteiger charge is 2.11. The summed E-state index contributed by atoms with van der Waals surface area (Å²) < 4.78 is 5.21. The predicted octanol–water partition coefficient (Wildman–Crippen LogP) is 2.59. The summed E-state index contributed by atoms with van der Waals surface area (Å²) in [4.78, 5) is 11.0. The smallest absolute Gasteiger partial charge is 0.330 e. The fourth-order valence-electron chi connectivity index (χ4n) is 0.827. The van der Waals surface area contributed by atoms with Crippen molar-refractivity contribution < 1.29 is 9.53 Å². The number of hydrogen-bond acceptors (Lipinski definition) is 4. The summed E-state index contributed by atoms with van der Waals surface area (Å²) >= 11 is 3.59. The third-order valence-electron chi connectivity index (χ3n) is 1.47. The highest BCUT2D eigenvalue weighted by atomic mass is 32.2. The maximum atomic E-state index is 11.0. The van der Waals surface area contributed by atoms with Gasteiger partial charge in [-0.3, -0.25) is 0 Å².